The summed E-state index contributed by atoms with van der Waals surface area (Å²) in [6, 6.07) is 5.46. The molecule has 1 N–H and O–H groups in total. The smallest absolute Gasteiger partial charge is 0.381 e. The first-order chi connectivity index (χ1) is 9.01. The van der Waals surface area contributed by atoms with E-state index >= 15 is 0 Å². The van der Waals surface area contributed by atoms with Crippen LogP contribution in [0, 0.1) is 22.2 Å². The molecule has 1 aliphatic rings. The van der Waals surface area contributed by atoms with Gasteiger partial charge >= 0.3 is 6.18 Å². The van der Waals surface area contributed by atoms with E-state index in [2.05, 4.69) is 33.0 Å². The number of hydrogen-bond acceptors (Lipinski definition) is 2. The standard InChI is InChI=1S/C15H17F3N2/c1-13(2)12(14(13,3)4)20-10-6-5-9(8-19)11(7-10)15(16,17)18/h5-7,12,20H,1-4H3. The van der Waals surface area contributed by atoms with Crippen LogP contribution in [0.3, 0.4) is 0 Å². The highest BCUT2D eigenvalue weighted by Crippen LogP contribution is 2.63. The minimum Gasteiger partial charge on any atom is -0.381 e. The van der Waals surface area contributed by atoms with Crippen LogP contribution in [0.2, 0.25) is 0 Å². The molecule has 108 valence electrons. The van der Waals surface area contributed by atoms with Crippen LogP contribution in [0.25, 0.3) is 0 Å². The van der Waals surface area contributed by atoms with Crippen molar-refractivity contribution in [2.45, 2.75) is 39.9 Å². The summed E-state index contributed by atoms with van der Waals surface area (Å²) in [7, 11) is 0. The highest BCUT2D eigenvalue weighted by atomic mass is 19.4. The van der Waals surface area contributed by atoms with Crippen molar-refractivity contribution in [3.05, 3.63) is 29.3 Å². The Bertz CT molecular complexity index is 566. The maximum absolute atomic E-state index is 12.9. The van der Waals surface area contributed by atoms with Crippen molar-refractivity contribution < 1.29 is 13.2 Å². The highest BCUT2D eigenvalue weighted by molar-refractivity contribution is 5.55. The Hall–Kier alpha value is -1.70. The van der Waals surface area contributed by atoms with Gasteiger partial charge in [0.2, 0.25) is 0 Å². The summed E-state index contributed by atoms with van der Waals surface area (Å²) in [6.07, 6.45) is -4.52. The van der Waals surface area contributed by atoms with E-state index < -0.39 is 11.7 Å². The number of alkyl halides is 3. The van der Waals surface area contributed by atoms with Crippen molar-refractivity contribution >= 4 is 5.69 Å². The molecule has 1 fully saturated rings. The molecule has 1 saturated carbocycles. The van der Waals surface area contributed by atoms with E-state index in [1.807, 2.05) is 0 Å². The summed E-state index contributed by atoms with van der Waals surface area (Å²) >= 11 is 0. The molecule has 0 aromatic heterocycles. The van der Waals surface area contributed by atoms with Gasteiger partial charge in [-0.1, -0.05) is 27.7 Å². The van der Waals surface area contributed by atoms with Crippen LogP contribution in [-0.2, 0) is 6.18 Å². The average molecular weight is 282 g/mol. The van der Waals surface area contributed by atoms with Crippen molar-refractivity contribution in [2.24, 2.45) is 10.8 Å². The van der Waals surface area contributed by atoms with Crippen LogP contribution >= 0.6 is 0 Å². The van der Waals surface area contributed by atoms with Crippen LogP contribution in [0.1, 0.15) is 38.8 Å². The average Bonchev–Trinajstić information content (AvgIpc) is 2.70. The summed E-state index contributed by atoms with van der Waals surface area (Å²) in [6.45, 7) is 8.33. The fraction of sp³-hybridized carbons (Fsp3) is 0.533. The van der Waals surface area contributed by atoms with E-state index in [0.717, 1.165) is 6.07 Å². The van der Waals surface area contributed by atoms with Gasteiger partial charge in [-0.15, -0.1) is 0 Å². The van der Waals surface area contributed by atoms with Crippen LogP contribution in [0.15, 0.2) is 18.2 Å². The third-order valence-electron chi connectivity index (χ3n) is 4.78. The molecule has 5 heteroatoms. The second-order valence-electron chi connectivity index (χ2n) is 6.39. The summed E-state index contributed by atoms with van der Waals surface area (Å²) in [5.74, 6) is 0. The van der Waals surface area contributed by atoms with Gasteiger partial charge in [0.15, 0.2) is 0 Å². The van der Waals surface area contributed by atoms with Crippen molar-refractivity contribution in [1.29, 1.82) is 5.26 Å². The Morgan fingerprint density at radius 3 is 2.10 bits per heavy atom. The largest absolute Gasteiger partial charge is 0.417 e. The molecule has 1 aliphatic carbocycles. The molecule has 0 bridgehead atoms. The number of nitrogens with one attached hydrogen (secondary N) is 1. The zero-order chi connectivity index (χ0) is 15.3. The van der Waals surface area contributed by atoms with E-state index in [9.17, 15) is 13.2 Å². The Balaban J connectivity index is 2.31. The molecule has 0 heterocycles. The molecule has 0 amide bonds. The van der Waals surface area contributed by atoms with Gasteiger partial charge < -0.3 is 5.32 Å². The minimum absolute atomic E-state index is 0.0271. The molecule has 0 saturated heterocycles. The second-order valence-corrected chi connectivity index (χ2v) is 6.39. The van der Waals surface area contributed by atoms with Gasteiger partial charge in [-0.25, -0.2) is 0 Å². The lowest BCUT2D eigenvalue weighted by Gasteiger charge is -2.13. The number of rotatable bonds is 2. The van der Waals surface area contributed by atoms with E-state index in [1.54, 1.807) is 6.07 Å². The molecule has 0 unspecified atom stereocenters. The molecular formula is C15H17F3N2. The van der Waals surface area contributed by atoms with Gasteiger partial charge in [0.1, 0.15) is 0 Å². The fourth-order valence-corrected chi connectivity index (χ4v) is 2.69. The number of nitrogens with zero attached hydrogens (tertiary/aromatic N) is 1. The minimum atomic E-state index is -4.52. The normalized spacial score (nSPS) is 20.3. The SMILES string of the molecule is CC1(C)C(Nc2ccc(C#N)c(C(F)(F)F)c2)C1(C)C. The maximum atomic E-state index is 12.9. The lowest BCUT2D eigenvalue weighted by Crippen LogP contribution is -2.13. The second kappa shape index (κ2) is 4.15. The van der Waals surface area contributed by atoms with Crippen molar-refractivity contribution in [2.75, 3.05) is 5.32 Å². The topological polar surface area (TPSA) is 35.8 Å². The van der Waals surface area contributed by atoms with Crippen molar-refractivity contribution in [3.8, 4) is 6.07 Å². The monoisotopic (exact) mass is 282 g/mol. The van der Waals surface area contributed by atoms with Crippen LogP contribution in [-0.4, -0.2) is 6.04 Å². The molecule has 0 radical (unpaired) electrons. The molecule has 20 heavy (non-hydrogen) atoms. The Labute approximate surface area is 116 Å². The summed E-state index contributed by atoms with van der Waals surface area (Å²) < 4.78 is 38.7. The summed E-state index contributed by atoms with van der Waals surface area (Å²) in [4.78, 5) is 0. The zero-order valence-electron chi connectivity index (χ0n) is 11.9. The molecule has 0 aliphatic heterocycles. The van der Waals surface area contributed by atoms with Gasteiger partial charge in [-0.05, 0) is 29.0 Å². The fourth-order valence-electron chi connectivity index (χ4n) is 2.69. The number of halogens is 3. The molecule has 2 nitrogen and oxygen atoms in total. The lowest BCUT2D eigenvalue weighted by atomic mass is 10.0. The third-order valence-corrected chi connectivity index (χ3v) is 4.78. The summed E-state index contributed by atoms with van der Waals surface area (Å²) in [5.41, 5.74) is -0.780. The molecule has 0 atom stereocenters. The Morgan fingerprint density at radius 2 is 1.70 bits per heavy atom. The van der Waals surface area contributed by atoms with E-state index in [1.165, 1.54) is 12.1 Å². The molecule has 1 aromatic rings. The van der Waals surface area contributed by atoms with E-state index in [0.29, 0.717) is 5.69 Å². The molecule has 1 aromatic carbocycles. The lowest BCUT2D eigenvalue weighted by molar-refractivity contribution is -0.137. The van der Waals surface area contributed by atoms with Gasteiger partial charge in [0.05, 0.1) is 17.2 Å². The van der Waals surface area contributed by atoms with Crippen molar-refractivity contribution in [1.82, 2.24) is 0 Å². The molecule has 2 rings (SSSR count). The number of hydrogen-bond donors (Lipinski definition) is 1. The van der Waals surface area contributed by atoms with Gasteiger partial charge in [-0.3, -0.25) is 0 Å². The first-order valence-corrected chi connectivity index (χ1v) is 6.39. The van der Waals surface area contributed by atoms with E-state index in [4.69, 9.17) is 5.26 Å². The van der Waals surface area contributed by atoms with Gasteiger partial charge in [-0.2, -0.15) is 18.4 Å². The molecular weight excluding hydrogens is 265 g/mol. The number of anilines is 1. The quantitative estimate of drug-likeness (QED) is 0.871. The van der Waals surface area contributed by atoms with Crippen LogP contribution in [0.5, 0.6) is 0 Å². The zero-order valence-corrected chi connectivity index (χ0v) is 11.9. The number of benzene rings is 1. The summed E-state index contributed by atoms with van der Waals surface area (Å²) in [5, 5.41) is 11.9. The Kier molecular flexibility index (Phi) is 3.05. The first kappa shape index (κ1) is 14.7. The third kappa shape index (κ3) is 2.13. The van der Waals surface area contributed by atoms with Crippen molar-refractivity contribution in [3.63, 3.8) is 0 Å². The predicted octanol–water partition coefficient (Wildman–Crippen LogP) is 4.42. The first-order valence-electron chi connectivity index (χ1n) is 6.39. The van der Waals surface area contributed by atoms with Crippen LogP contribution in [0.4, 0.5) is 18.9 Å². The Morgan fingerprint density at radius 1 is 1.15 bits per heavy atom. The molecule has 0 spiro atoms. The number of nitriles is 1. The highest BCUT2D eigenvalue weighted by Gasteiger charge is 2.64. The van der Waals surface area contributed by atoms with Gasteiger partial charge in [0, 0.05) is 11.7 Å². The predicted molar refractivity (Wildman–Crippen MR) is 71.1 cm³/mol. The van der Waals surface area contributed by atoms with Gasteiger partial charge in [0.25, 0.3) is 0 Å². The van der Waals surface area contributed by atoms with Crippen LogP contribution < -0.4 is 5.32 Å². The maximum Gasteiger partial charge on any atom is 0.417 e. The van der Waals surface area contributed by atoms with E-state index in [-0.39, 0.29) is 22.4 Å².